The van der Waals surface area contributed by atoms with Crippen LogP contribution in [0.25, 0.3) is 0 Å². The molecule has 1 N–H and O–H groups in total. The summed E-state index contributed by atoms with van der Waals surface area (Å²) in [5.74, 6) is 0.860. The Morgan fingerprint density at radius 2 is 2.38 bits per heavy atom. The molecule has 0 saturated heterocycles. The van der Waals surface area contributed by atoms with Gasteiger partial charge in [0.2, 0.25) is 0 Å². The van der Waals surface area contributed by atoms with Crippen LogP contribution in [0.2, 0.25) is 0 Å². The molecule has 90 valence electrons. The Hall–Kier alpha value is -0.610. The number of hydrogen-bond donors (Lipinski definition) is 1. The van der Waals surface area contributed by atoms with Crippen molar-refractivity contribution >= 4 is 16.5 Å². The van der Waals surface area contributed by atoms with Gasteiger partial charge in [-0.05, 0) is 32.6 Å². The molecule has 0 spiro atoms. The van der Waals surface area contributed by atoms with Gasteiger partial charge in [-0.2, -0.15) is 0 Å². The molecule has 0 bridgehead atoms. The lowest BCUT2D eigenvalue weighted by atomic mass is 9.85. The molecule has 0 aromatic carbocycles. The van der Waals surface area contributed by atoms with E-state index in [2.05, 4.69) is 16.8 Å². The SMILES string of the molecule is CCN(CC1CCC1)c1nc(C(C)O)cs1. The summed E-state index contributed by atoms with van der Waals surface area (Å²) in [5, 5.41) is 12.5. The first-order valence-corrected chi connectivity index (χ1v) is 6.97. The zero-order valence-electron chi connectivity index (χ0n) is 10.0. The van der Waals surface area contributed by atoms with Gasteiger partial charge in [0.1, 0.15) is 0 Å². The molecule has 0 radical (unpaired) electrons. The molecular formula is C12H20N2OS. The molecule has 2 rings (SSSR count). The minimum absolute atomic E-state index is 0.451. The largest absolute Gasteiger partial charge is 0.387 e. The van der Waals surface area contributed by atoms with Crippen molar-refractivity contribution in [1.29, 1.82) is 0 Å². The van der Waals surface area contributed by atoms with Crippen LogP contribution in [0.5, 0.6) is 0 Å². The fraction of sp³-hybridized carbons (Fsp3) is 0.750. The Balaban J connectivity index is 2.00. The highest BCUT2D eigenvalue weighted by molar-refractivity contribution is 7.13. The molecule has 3 nitrogen and oxygen atoms in total. The van der Waals surface area contributed by atoms with E-state index in [4.69, 9.17) is 0 Å². The van der Waals surface area contributed by atoms with Crippen LogP contribution in [0.15, 0.2) is 5.38 Å². The van der Waals surface area contributed by atoms with Crippen LogP contribution < -0.4 is 4.90 Å². The van der Waals surface area contributed by atoms with E-state index in [0.29, 0.717) is 0 Å². The third-order valence-electron chi connectivity index (χ3n) is 3.29. The van der Waals surface area contributed by atoms with Crippen molar-refractivity contribution in [2.75, 3.05) is 18.0 Å². The zero-order chi connectivity index (χ0) is 11.5. The number of aromatic nitrogens is 1. The second-order valence-corrected chi connectivity index (χ2v) is 5.40. The monoisotopic (exact) mass is 240 g/mol. The van der Waals surface area contributed by atoms with Crippen molar-refractivity contribution in [3.8, 4) is 0 Å². The third kappa shape index (κ3) is 2.55. The lowest BCUT2D eigenvalue weighted by Crippen LogP contribution is -2.32. The van der Waals surface area contributed by atoms with E-state index < -0.39 is 6.10 Å². The molecule has 16 heavy (non-hydrogen) atoms. The van der Waals surface area contributed by atoms with Crippen LogP contribution in [0.1, 0.15) is 44.9 Å². The Morgan fingerprint density at radius 1 is 1.62 bits per heavy atom. The molecule has 1 aromatic rings. The summed E-state index contributed by atoms with van der Waals surface area (Å²) >= 11 is 1.64. The summed E-state index contributed by atoms with van der Waals surface area (Å²) < 4.78 is 0. The van der Waals surface area contributed by atoms with E-state index in [1.807, 2.05) is 5.38 Å². The first-order chi connectivity index (χ1) is 7.70. The van der Waals surface area contributed by atoms with E-state index >= 15 is 0 Å². The normalized spacial score (nSPS) is 18.2. The molecule has 1 aromatic heterocycles. The number of thiazole rings is 1. The average Bonchev–Trinajstić information content (AvgIpc) is 2.65. The van der Waals surface area contributed by atoms with Gasteiger partial charge in [0, 0.05) is 18.5 Å². The highest BCUT2D eigenvalue weighted by Gasteiger charge is 2.21. The molecule has 1 aliphatic carbocycles. The van der Waals surface area contributed by atoms with E-state index in [1.165, 1.54) is 19.3 Å². The Morgan fingerprint density at radius 3 is 2.81 bits per heavy atom. The zero-order valence-corrected chi connectivity index (χ0v) is 10.8. The molecule has 4 heteroatoms. The Kier molecular flexibility index (Phi) is 3.82. The highest BCUT2D eigenvalue weighted by Crippen LogP contribution is 2.30. The minimum atomic E-state index is -0.451. The number of hydrogen-bond acceptors (Lipinski definition) is 4. The average molecular weight is 240 g/mol. The van der Waals surface area contributed by atoms with Crippen molar-refractivity contribution in [2.45, 2.75) is 39.2 Å². The van der Waals surface area contributed by atoms with Crippen LogP contribution in [-0.4, -0.2) is 23.2 Å². The van der Waals surface area contributed by atoms with Gasteiger partial charge in [-0.15, -0.1) is 11.3 Å². The van der Waals surface area contributed by atoms with E-state index in [-0.39, 0.29) is 0 Å². The second kappa shape index (κ2) is 5.15. The molecule has 0 amide bonds. The lowest BCUT2D eigenvalue weighted by Gasteiger charge is -2.31. The lowest BCUT2D eigenvalue weighted by molar-refractivity contribution is 0.195. The highest BCUT2D eigenvalue weighted by atomic mass is 32.1. The van der Waals surface area contributed by atoms with Gasteiger partial charge >= 0.3 is 0 Å². The summed E-state index contributed by atoms with van der Waals surface area (Å²) in [5.41, 5.74) is 0.798. The maximum Gasteiger partial charge on any atom is 0.185 e. The summed E-state index contributed by atoms with van der Waals surface area (Å²) in [7, 11) is 0. The van der Waals surface area contributed by atoms with Crippen LogP contribution in [-0.2, 0) is 0 Å². The van der Waals surface area contributed by atoms with Gasteiger partial charge in [-0.3, -0.25) is 0 Å². The molecule has 1 atom stereocenters. The van der Waals surface area contributed by atoms with Crippen LogP contribution in [0, 0.1) is 5.92 Å². The second-order valence-electron chi connectivity index (χ2n) is 4.57. The Bertz CT molecular complexity index is 334. The van der Waals surface area contributed by atoms with Gasteiger partial charge in [0.15, 0.2) is 5.13 Å². The quantitative estimate of drug-likeness (QED) is 0.859. The van der Waals surface area contributed by atoms with E-state index in [1.54, 1.807) is 18.3 Å². The molecule has 1 aliphatic rings. The number of anilines is 1. The maximum absolute atomic E-state index is 9.46. The summed E-state index contributed by atoms with van der Waals surface area (Å²) in [4.78, 5) is 6.82. The minimum Gasteiger partial charge on any atom is -0.387 e. The van der Waals surface area contributed by atoms with Crippen molar-refractivity contribution in [1.82, 2.24) is 4.98 Å². The summed E-state index contributed by atoms with van der Waals surface area (Å²) in [6.07, 6.45) is 3.67. The predicted molar refractivity (Wildman–Crippen MR) is 68.0 cm³/mol. The van der Waals surface area contributed by atoms with Crippen molar-refractivity contribution in [2.24, 2.45) is 5.92 Å². The predicted octanol–water partition coefficient (Wildman–Crippen LogP) is 2.82. The molecule has 1 saturated carbocycles. The smallest absolute Gasteiger partial charge is 0.185 e. The van der Waals surface area contributed by atoms with Crippen LogP contribution in [0.3, 0.4) is 0 Å². The first kappa shape index (κ1) is 11.9. The number of aliphatic hydroxyl groups excluding tert-OH is 1. The summed E-state index contributed by atoms with van der Waals surface area (Å²) in [6.45, 7) is 6.07. The topological polar surface area (TPSA) is 36.4 Å². The van der Waals surface area contributed by atoms with Crippen molar-refractivity contribution in [3.63, 3.8) is 0 Å². The maximum atomic E-state index is 9.46. The third-order valence-corrected chi connectivity index (χ3v) is 4.21. The summed E-state index contributed by atoms with van der Waals surface area (Å²) in [6, 6.07) is 0. The molecule has 1 fully saturated rings. The van der Waals surface area contributed by atoms with E-state index in [0.717, 1.165) is 29.8 Å². The number of rotatable bonds is 5. The first-order valence-electron chi connectivity index (χ1n) is 6.09. The van der Waals surface area contributed by atoms with Gasteiger partial charge in [-0.1, -0.05) is 6.42 Å². The van der Waals surface area contributed by atoms with Crippen LogP contribution in [0.4, 0.5) is 5.13 Å². The fourth-order valence-corrected chi connectivity index (χ4v) is 2.93. The molecule has 0 aliphatic heterocycles. The van der Waals surface area contributed by atoms with Crippen LogP contribution >= 0.6 is 11.3 Å². The Labute approximate surface area is 101 Å². The molecule has 1 heterocycles. The van der Waals surface area contributed by atoms with E-state index in [9.17, 15) is 5.11 Å². The number of aliphatic hydroxyl groups is 1. The van der Waals surface area contributed by atoms with Gasteiger partial charge < -0.3 is 10.0 Å². The van der Waals surface area contributed by atoms with Crippen molar-refractivity contribution < 1.29 is 5.11 Å². The van der Waals surface area contributed by atoms with Gasteiger partial charge in [-0.25, -0.2) is 4.98 Å². The fourth-order valence-electron chi connectivity index (χ4n) is 1.94. The van der Waals surface area contributed by atoms with Gasteiger partial charge in [0.05, 0.1) is 11.8 Å². The molecular weight excluding hydrogens is 220 g/mol. The standard InChI is InChI=1S/C12H20N2OS/c1-3-14(7-10-5-4-6-10)12-13-11(8-16-12)9(2)15/h8-10,15H,3-7H2,1-2H3. The number of nitrogens with zero attached hydrogens (tertiary/aromatic N) is 2. The van der Waals surface area contributed by atoms with Crippen molar-refractivity contribution in [3.05, 3.63) is 11.1 Å². The molecule has 1 unspecified atom stereocenters. The van der Waals surface area contributed by atoms with Gasteiger partial charge in [0.25, 0.3) is 0 Å².